The Balaban J connectivity index is 2.10. The fourth-order valence-corrected chi connectivity index (χ4v) is 3.12. The Morgan fingerprint density at radius 3 is 2.79 bits per heavy atom. The van der Waals surface area contributed by atoms with E-state index in [9.17, 15) is 5.11 Å². The van der Waals surface area contributed by atoms with Gasteiger partial charge in [-0.05, 0) is 29.3 Å². The highest BCUT2D eigenvalue weighted by molar-refractivity contribution is 9.10. The second-order valence-electron chi connectivity index (χ2n) is 4.51. The lowest BCUT2D eigenvalue weighted by Crippen LogP contribution is -2.03. The smallest absolute Gasteiger partial charge is 0.128 e. The molecular weight excluding hydrogens is 328 g/mol. The van der Waals surface area contributed by atoms with Crippen molar-refractivity contribution >= 4 is 27.5 Å². The molecule has 0 radical (unpaired) electrons. The number of hydrogen-bond acceptors (Lipinski definition) is 2. The van der Waals surface area contributed by atoms with E-state index in [1.165, 1.54) is 0 Å². The van der Waals surface area contributed by atoms with Crippen LogP contribution in [0.2, 0.25) is 5.02 Å². The summed E-state index contributed by atoms with van der Waals surface area (Å²) in [5.74, 6) is 0.771. The molecule has 0 saturated carbocycles. The number of aliphatic hydroxyl groups is 1. The summed E-state index contributed by atoms with van der Waals surface area (Å²) in [7, 11) is 0. The van der Waals surface area contributed by atoms with Gasteiger partial charge in [0, 0.05) is 21.5 Å². The van der Waals surface area contributed by atoms with Crippen LogP contribution in [0.4, 0.5) is 0 Å². The van der Waals surface area contributed by atoms with Crippen LogP contribution < -0.4 is 4.74 Å². The fourth-order valence-electron chi connectivity index (χ4n) is 2.37. The minimum absolute atomic E-state index is 0.630. The Morgan fingerprint density at radius 2 is 2.00 bits per heavy atom. The molecule has 1 aliphatic rings. The molecule has 2 aromatic rings. The van der Waals surface area contributed by atoms with Crippen LogP contribution in [-0.4, -0.2) is 11.7 Å². The van der Waals surface area contributed by atoms with Crippen LogP contribution in [0.1, 0.15) is 22.8 Å². The van der Waals surface area contributed by atoms with Crippen molar-refractivity contribution in [1.29, 1.82) is 0 Å². The average molecular weight is 340 g/mol. The van der Waals surface area contributed by atoms with E-state index in [0.717, 1.165) is 33.3 Å². The molecule has 2 nitrogen and oxygen atoms in total. The average Bonchev–Trinajstić information content (AvgIpc) is 2.85. The maximum absolute atomic E-state index is 10.6. The van der Waals surface area contributed by atoms with Crippen LogP contribution in [0.15, 0.2) is 40.9 Å². The van der Waals surface area contributed by atoms with Crippen molar-refractivity contribution in [2.24, 2.45) is 0 Å². The van der Waals surface area contributed by atoms with Crippen LogP contribution in [0.25, 0.3) is 0 Å². The predicted molar refractivity (Wildman–Crippen MR) is 78.9 cm³/mol. The first-order valence-electron chi connectivity index (χ1n) is 6.04. The van der Waals surface area contributed by atoms with E-state index in [1.807, 2.05) is 30.3 Å². The van der Waals surface area contributed by atoms with Gasteiger partial charge >= 0.3 is 0 Å². The number of ether oxygens (including phenoxy) is 1. The lowest BCUT2D eigenvalue weighted by molar-refractivity contribution is 0.213. The summed E-state index contributed by atoms with van der Waals surface area (Å²) in [6, 6.07) is 11.3. The van der Waals surface area contributed by atoms with E-state index < -0.39 is 6.10 Å². The van der Waals surface area contributed by atoms with Crippen LogP contribution in [0.5, 0.6) is 5.75 Å². The maximum atomic E-state index is 10.6. The molecule has 1 aliphatic heterocycles. The van der Waals surface area contributed by atoms with Crippen molar-refractivity contribution in [3.05, 3.63) is 62.6 Å². The van der Waals surface area contributed by atoms with Crippen molar-refractivity contribution < 1.29 is 9.84 Å². The molecule has 1 heterocycles. The van der Waals surface area contributed by atoms with E-state index in [4.69, 9.17) is 16.3 Å². The number of benzene rings is 2. The molecule has 4 heteroatoms. The SMILES string of the molecule is OC(c1ccccc1Br)c1cc(Cl)cc2c1OCC2. The van der Waals surface area contributed by atoms with Gasteiger partial charge in [0.15, 0.2) is 0 Å². The zero-order valence-electron chi connectivity index (χ0n) is 10.1. The number of aliphatic hydroxyl groups excluding tert-OH is 1. The zero-order valence-corrected chi connectivity index (χ0v) is 12.4. The van der Waals surface area contributed by atoms with E-state index >= 15 is 0 Å². The highest BCUT2D eigenvalue weighted by Gasteiger charge is 2.24. The van der Waals surface area contributed by atoms with Gasteiger partial charge in [-0.25, -0.2) is 0 Å². The Morgan fingerprint density at radius 1 is 1.21 bits per heavy atom. The molecule has 0 amide bonds. The topological polar surface area (TPSA) is 29.5 Å². The van der Waals surface area contributed by atoms with E-state index in [0.29, 0.717) is 11.6 Å². The summed E-state index contributed by atoms with van der Waals surface area (Å²) >= 11 is 9.58. The third kappa shape index (κ3) is 2.38. The van der Waals surface area contributed by atoms with Gasteiger partial charge in [-0.15, -0.1) is 0 Å². The Kier molecular flexibility index (Phi) is 3.52. The molecule has 0 bridgehead atoms. The maximum Gasteiger partial charge on any atom is 0.128 e. The van der Waals surface area contributed by atoms with Gasteiger partial charge in [-0.2, -0.15) is 0 Å². The summed E-state index contributed by atoms with van der Waals surface area (Å²) < 4.78 is 6.50. The van der Waals surface area contributed by atoms with Gasteiger partial charge in [0.1, 0.15) is 11.9 Å². The molecule has 0 aliphatic carbocycles. The van der Waals surface area contributed by atoms with Gasteiger partial charge in [0.25, 0.3) is 0 Å². The molecule has 0 spiro atoms. The molecule has 0 saturated heterocycles. The third-order valence-electron chi connectivity index (χ3n) is 3.27. The van der Waals surface area contributed by atoms with Crippen LogP contribution in [-0.2, 0) is 6.42 Å². The highest BCUT2D eigenvalue weighted by Crippen LogP contribution is 2.39. The number of halogens is 2. The molecule has 1 unspecified atom stereocenters. The summed E-state index contributed by atoms with van der Waals surface area (Å²) in [6.45, 7) is 0.644. The standard InChI is InChI=1S/C15H12BrClO2/c16-13-4-2-1-3-11(13)14(18)12-8-10(17)7-9-5-6-19-15(9)12/h1-4,7-8,14,18H,5-6H2. The summed E-state index contributed by atoms with van der Waals surface area (Å²) in [5.41, 5.74) is 2.60. The normalized spacial score (nSPS) is 14.9. The van der Waals surface area contributed by atoms with E-state index in [1.54, 1.807) is 6.07 Å². The van der Waals surface area contributed by atoms with Gasteiger partial charge in [0.05, 0.1) is 6.61 Å². The van der Waals surface area contributed by atoms with Crippen molar-refractivity contribution in [2.75, 3.05) is 6.61 Å². The highest BCUT2D eigenvalue weighted by atomic mass is 79.9. The monoisotopic (exact) mass is 338 g/mol. The minimum Gasteiger partial charge on any atom is -0.493 e. The molecule has 0 aromatic heterocycles. The van der Waals surface area contributed by atoms with Crippen LogP contribution in [0, 0.1) is 0 Å². The Bertz CT molecular complexity index is 628. The summed E-state index contributed by atoms with van der Waals surface area (Å²) in [4.78, 5) is 0. The van der Waals surface area contributed by atoms with Crippen molar-refractivity contribution in [3.63, 3.8) is 0 Å². The molecular formula is C15H12BrClO2. The van der Waals surface area contributed by atoms with Crippen molar-refractivity contribution in [2.45, 2.75) is 12.5 Å². The van der Waals surface area contributed by atoms with Crippen LogP contribution >= 0.6 is 27.5 Å². The minimum atomic E-state index is -0.749. The largest absolute Gasteiger partial charge is 0.493 e. The van der Waals surface area contributed by atoms with Gasteiger partial charge in [-0.3, -0.25) is 0 Å². The first-order chi connectivity index (χ1) is 9.16. The molecule has 1 N–H and O–H groups in total. The van der Waals surface area contributed by atoms with E-state index in [2.05, 4.69) is 15.9 Å². The number of fused-ring (bicyclic) bond motifs is 1. The lowest BCUT2D eigenvalue weighted by atomic mass is 9.98. The van der Waals surface area contributed by atoms with Gasteiger partial charge in [-0.1, -0.05) is 45.7 Å². The van der Waals surface area contributed by atoms with E-state index in [-0.39, 0.29) is 0 Å². The summed E-state index contributed by atoms with van der Waals surface area (Å²) in [6.07, 6.45) is 0.0899. The molecule has 98 valence electrons. The first kappa shape index (κ1) is 13.0. The second-order valence-corrected chi connectivity index (χ2v) is 5.80. The van der Waals surface area contributed by atoms with Gasteiger partial charge in [0.2, 0.25) is 0 Å². The molecule has 0 fully saturated rings. The summed E-state index contributed by atoms with van der Waals surface area (Å²) in [5, 5.41) is 11.2. The second kappa shape index (κ2) is 5.16. The number of hydrogen-bond donors (Lipinski definition) is 1. The number of rotatable bonds is 2. The zero-order chi connectivity index (χ0) is 13.4. The first-order valence-corrected chi connectivity index (χ1v) is 7.21. The van der Waals surface area contributed by atoms with Crippen molar-refractivity contribution in [1.82, 2.24) is 0 Å². The predicted octanol–water partition coefficient (Wildman–Crippen LogP) is 4.12. The Hall–Kier alpha value is -1.03. The van der Waals surface area contributed by atoms with Crippen LogP contribution in [0.3, 0.4) is 0 Å². The van der Waals surface area contributed by atoms with Crippen molar-refractivity contribution in [3.8, 4) is 5.75 Å². The molecule has 3 rings (SSSR count). The molecule has 19 heavy (non-hydrogen) atoms. The Labute approximate surface area is 125 Å². The van der Waals surface area contributed by atoms with Gasteiger partial charge < -0.3 is 9.84 Å². The lowest BCUT2D eigenvalue weighted by Gasteiger charge is -2.16. The molecule has 1 atom stereocenters. The fraction of sp³-hybridized carbons (Fsp3) is 0.200. The quantitative estimate of drug-likeness (QED) is 0.892. The molecule has 2 aromatic carbocycles. The third-order valence-corrected chi connectivity index (χ3v) is 4.21.